The van der Waals surface area contributed by atoms with Crippen molar-refractivity contribution in [2.75, 3.05) is 0 Å². The van der Waals surface area contributed by atoms with Crippen molar-refractivity contribution >= 4 is 26.2 Å². The van der Waals surface area contributed by atoms with Crippen molar-refractivity contribution in [3.05, 3.63) is 28.5 Å². The molecule has 0 heterocycles. The molecule has 1 aromatic rings. The van der Waals surface area contributed by atoms with E-state index in [1.165, 1.54) is 12.1 Å². The van der Waals surface area contributed by atoms with Crippen LogP contribution in [0.15, 0.2) is 12.1 Å². The lowest BCUT2D eigenvalue weighted by molar-refractivity contribution is 0.111. The van der Waals surface area contributed by atoms with Crippen LogP contribution in [0.25, 0.3) is 0 Å². The van der Waals surface area contributed by atoms with Crippen molar-refractivity contribution in [2.24, 2.45) is 0 Å². The summed E-state index contributed by atoms with van der Waals surface area (Å²) in [6.45, 7) is 6.14. The van der Waals surface area contributed by atoms with E-state index in [2.05, 4.69) is 6.92 Å². The first-order chi connectivity index (χ1) is 8.41. The third-order valence-corrected chi connectivity index (χ3v) is 5.33. The lowest BCUT2D eigenvalue weighted by atomic mass is 10.2. The van der Waals surface area contributed by atoms with Crippen LogP contribution in [-0.4, -0.2) is 14.6 Å². The van der Waals surface area contributed by atoms with Crippen LogP contribution in [0.4, 0.5) is 4.39 Å². The average molecular weight is 289 g/mol. The first kappa shape index (κ1) is 15.2. The summed E-state index contributed by atoms with van der Waals surface area (Å²) >= 11 is 5.94. The number of carbonyl (C=O) groups is 1. The van der Waals surface area contributed by atoms with E-state index in [0.717, 1.165) is 18.9 Å². The topological polar surface area (TPSA) is 26.3 Å². The van der Waals surface area contributed by atoms with E-state index in [1.54, 1.807) is 0 Å². The first-order valence-electron chi connectivity index (χ1n) is 6.03. The van der Waals surface area contributed by atoms with E-state index < -0.39 is 14.1 Å². The highest BCUT2D eigenvalue weighted by Crippen LogP contribution is 2.32. The third-order valence-electron chi connectivity index (χ3n) is 2.72. The fraction of sp³-hybridized carbons (Fsp3) is 0.462. The maximum absolute atomic E-state index is 14.0. The maximum Gasteiger partial charge on any atom is 0.245 e. The number of halogens is 2. The molecule has 0 aliphatic heterocycles. The minimum absolute atomic E-state index is 0.0188. The minimum atomic E-state index is -2.00. The summed E-state index contributed by atoms with van der Waals surface area (Å²) in [5.74, 6) is -0.636. The zero-order valence-corrected chi connectivity index (χ0v) is 12.7. The van der Waals surface area contributed by atoms with Crippen LogP contribution in [0, 0.1) is 5.82 Å². The fourth-order valence-electron chi connectivity index (χ4n) is 1.66. The van der Waals surface area contributed by atoms with Crippen LogP contribution in [0.1, 0.15) is 30.1 Å². The van der Waals surface area contributed by atoms with Gasteiger partial charge in [0.15, 0.2) is 17.9 Å². The van der Waals surface area contributed by atoms with E-state index in [-0.39, 0.29) is 16.3 Å². The molecule has 0 bridgehead atoms. The summed E-state index contributed by atoms with van der Waals surface area (Å²) in [6.07, 6.45) is 2.59. The van der Waals surface area contributed by atoms with Crippen LogP contribution >= 0.6 is 11.6 Å². The van der Waals surface area contributed by atoms with Crippen LogP contribution in [-0.2, 0) is 0 Å². The molecule has 0 saturated heterocycles. The Kier molecular flexibility index (Phi) is 5.35. The molecule has 0 aliphatic carbocycles. The highest BCUT2D eigenvalue weighted by Gasteiger charge is 2.27. The van der Waals surface area contributed by atoms with Gasteiger partial charge in [-0.25, -0.2) is 4.39 Å². The number of hydrogen-bond donors (Lipinski definition) is 0. The molecule has 100 valence electrons. The smallest absolute Gasteiger partial charge is 0.245 e. The number of aldehydes is 1. The standard InChI is InChI=1S/C13H18ClFO2Si/c1-4-5-8-18(2,3)17-13-11(14)7-6-10(9-16)12(13)15/h6-7,9H,4-5,8H2,1-3H3. The van der Waals surface area contributed by atoms with Gasteiger partial charge in [-0.15, -0.1) is 0 Å². The van der Waals surface area contributed by atoms with Gasteiger partial charge in [0.25, 0.3) is 0 Å². The summed E-state index contributed by atoms with van der Waals surface area (Å²) < 4.78 is 19.7. The van der Waals surface area contributed by atoms with Crippen LogP contribution in [0.2, 0.25) is 24.2 Å². The predicted octanol–water partition coefficient (Wildman–Crippen LogP) is 4.68. The van der Waals surface area contributed by atoms with Gasteiger partial charge in [0.1, 0.15) is 0 Å². The highest BCUT2D eigenvalue weighted by molar-refractivity contribution is 6.71. The molecule has 0 saturated carbocycles. The normalized spacial score (nSPS) is 11.4. The van der Waals surface area contributed by atoms with Crippen LogP contribution in [0.5, 0.6) is 5.75 Å². The van der Waals surface area contributed by atoms with Gasteiger partial charge in [0.05, 0.1) is 10.6 Å². The third kappa shape index (κ3) is 3.82. The summed E-state index contributed by atoms with van der Waals surface area (Å²) in [6, 6.07) is 3.79. The van der Waals surface area contributed by atoms with Gasteiger partial charge in [0.2, 0.25) is 8.32 Å². The Labute approximate surface area is 113 Å². The first-order valence-corrected chi connectivity index (χ1v) is 9.53. The SMILES string of the molecule is CCCC[Si](C)(C)Oc1c(Cl)ccc(C=O)c1F. The average Bonchev–Trinajstić information content (AvgIpc) is 2.32. The van der Waals surface area contributed by atoms with E-state index in [0.29, 0.717) is 6.29 Å². The highest BCUT2D eigenvalue weighted by atomic mass is 35.5. The number of hydrogen-bond acceptors (Lipinski definition) is 2. The van der Waals surface area contributed by atoms with Crippen LogP contribution < -0.4 is 4.43 Å². The molecule has 1 aromatic carbocycles. The van der Waals surface area contributed by atoms with E-state index in [4.69, 9.17) is 16.0 Å². The largest absolute Gasteiger partial charge is 0.541 e. The van der Waals surface area contributed by atoms with Crippen molar-refractivity contribution < 1.29 is 13.6 Å². The molecule has 0 radical (unpaired) electrons. The van der Waals surface area contributed by atoms with Crippen LogP contribution in [0.3, 0.4) is 0 Å². The molecule has 0 fully saturated rings. The zero-order valence-electron chi connectivity index (χ0n) is 10.9. The molecular weight excluding hydrogens is 271 g/mol. The Bertz CT molecular complexity index is 435. The molecule has 18 heavy (non-hydrogen) atoms. The Balaban J connectivity index is 2.99. The van der Waals surface area contributed by atoms with Gasteiger partial charge in [-0.3, -0.25) is 4.79 Å². The summed E-state index contributed by atoms with van der Waals surface area (Å²) in [5, 5.41) is 0.218. The second-order valence-corrected chi connectivity index (χ2v) is 9.49. The monoisotopic (exact) mass is 288 g/mol. The molecule has 0 aromatic heterocycles. The Morgan fingerprint density at radius 2 is 2.11 bits per heavy atom. The quantitative estimate of drug-likeness (QED) is 0.561. The predicted molar refractivity (Wildman–Crippen MR) is 74.6 cm³/mol. The van der Waals surface area contributed by atoms with E-state index in [9.17, 15) is 9.18 Å². The molecule has 0 atom stereocenters. The Morgan fingerprint density at radius 1 is 1.44 bits per heavy atom. The summed E-state index contributed by atoms with van der Waals surface area (Å²) in [7, 11) is -2.00. The van der Waals surface area contributed by atoms with Gasteiger partial charge < -0.3 is 4.43 Å². The Hall–Kier alpha value is -0.873. The number of carbonyl (C=O) groups excluding carboxylic acids is 1. The van der Waals surface area contributed by atoms with Gasteiger partial charge >= 0.3 is 0 Å². The number of unbranched alkanes of at least 4 members (excludes halogenated alkanes) is 1. The zero-order chi connectivity index (χ0) is 13.8. The summed E-state index contributed by atoms with van der Waals surface area (Å²) in [4.78, 5) is 10.7. The number of rotatable bonds is 6. The van der Waals surface area contributed by atoms with Crippen molar-refractivity contribution in [2.45, 2.75) is 38.9 Å². The van der Waals surface area contributed by atoms with Crippen molar-refractivity contribution in [3.63, 3.8) is 0 Å². The Morgan fingerprint density at radius 3 is 2.67 bits per heavy atom. The molecule has 0 spiro atoms. The van der Waals surface area contributed by atoms with Gasteiger partial charge in [0, 0.05) is 0 Å². The van der Waals surface area contributed by atoms with Gasteiger partial charge in [-0.2, -0.15) is 0 Å². The molecule has 0 amide bonds. The maximum atomic E-state index is 14.0. The molecule has 0 aliphatic rings. The molecule has 1 rings (SSSR count). The molecule has 0 unspecified atom stereocenters. The van der Waals surface area contributed by atoms with E-state index >= 15 is 0 Å². The number of benzene rings is 1. The lowest BCUT2D eigenvalue weighted by Gasteiger charge is -2.25. The summed E-state index contributed by atoms with van der Waals surface area (Å²) in [5.41, 5.74) is -0.0188. The molecule has 0 N–H and O–H groups in total. The van der Waals surface area contributed by atoms with Gasteiger partial charge in [-0.1, -0.05) is 31.4 Å². The van der Waals surface area contributed by atoms with Gasteiger partial charge in [-0.05, 0) is 31.3 Å². The lowest BCUT2D eigenvalue weighted by Crippen LogP contribution is -2.34. The molecule has 2 nitrogen and oxygen atoms in total. The van der Waals surface area contributed by atoms with Crippen molar-refractivity contribution in [1.29, 1.82) is 0 Å². The van der Waals surface area contributed by atoms with Crippen molar-refractivity contribution in [1.82, 2.24) is 0 Å². The second-order valence-electron chi connectivity index (χ2n) is 4.86. The molecule has 5 heteroatoms. The van der Waals surface area contributed by atoms with E-state index in [1.807, 2.05) is 13.1 Å². The van der Waals surface area contributed by atoms with Crippen molar-refractivity contribution in [3.8, 4) is 5.75 Å². The fourth-order valence-corrected chi connectivity index (χ4v) is 3.97. The minimum Gasteiger partial charge on any atom is -0.541 e. The molecular formula is C13H18ClFO2Si. The second kappa shape index (κ2) is 6.34.